The van der Waals surface area contributed by atoms with Crippen molar-refractivity contribution in [1.29, 1.82) is 0 Å². The quantitative estimate of drug-likeness (QED) is 0.464. The zero-order valence-corrected chi connectivity index (χ0v) is 12.3. The Balaban J connectivity index is 1.81. The van der Waals surface area contributed by atoms with Crippen LogP contribution < -0.4 is 4.74 Å². The molecular weight excluding hydrogens is 291 g/mol. The van der Waals surface area contributed by atoms with E-state index in [0.717, 1.165) is 13.0 Å². The van der Waals surface area contributed by atoms with E-state index in [1.54, 1.807) is 24.7 Å². The third kappa shape index (κ3) is 5.13. The first-order valence-corrected chi connectivity index (χ1v) is 7.26. The smallest absolute Gasteiger partial charge is 0.142 e. The van der Waals surface area contributed by atoms with Crippen LogP contribution in [0.1, 0.15) is 18.4 Å². The topological polar surface area (TPSA) is 27.1 Å². The Morgan fingerprint density at radius 1 is 1.38 bits per heavy atom. The van der Waals surface area contributed by atoms with Gasteiger partial charge in [0.15, 0.2) is 0 Å². The van der Waals surface area contributed by atoms with Crippen LogP contribution in [0.25, 0.3) is 0 Å². The van der Waals surface area contributed by atoms with Gasteiger partial charge in [0.25, 0.3) is 0 Å². The molecule has 0 saturated carbocycles. The Hall–Kier alpha value is -1.99. The van der Waals surface area contributed by atoms with Gasteiger partial charge in [-0.05, 0) is 18.6 Å². The van der Waals surface area contributed by atoms with E-state index in [1.807, 2.05) is 10.8 Å². The van der Waals surface area contributed by atoms with Crippen LogP contribution in [0, 0.1) is 17.7 Å². The van der Waals surface area contributed by atoms with Gasteiger partial charge in [0, 0.05) is 37.3 Å². The van der Waals surface area contributed by atoms with E-state index in [0.29, 0.717) is 30.2 Å². The number of benzene rings is 1. The molecular formula is C16H16ClFN2O. The molecule has 1 aromatic carbocycles. The first kappa shape index (κ1) is 15.4. The maximum Gasteiger partial charge on any atom is 0.142 e. The lowest BCUT2D eigenvalue weighted by Gasteiger charge is -2.07. The van der Waals surface area contributed by atoms with Crippen molar-refractivity contribution in [1.82, 2.24) is 9.55 Å². The molecule has 0 N–H and O–H groups in total. The van der Waals surface area contributed by atoms with Gasteiger partial charge < -0.3 is 9.30 Å². The number of hydrogen-bond acceptors (Lipinski definition) is 2. The lowest BCUT2D eigenvalue weighted by atomic mass is 10.2. The van der Waals surface area contributed by atoms with Gasteiger partial charge in [0.2, 0.25) is 0 Å². The van der Waals surface area contributed by atoms with Crippen LogP contribution in [-0.2, 0) is 6.54 Å². The highest BCUT2D eigenvalue weighted by Crippen LogP contribution is 2.16. The summed E-state index contributed by atoms with van der Waals surface area (Å²) in [4.78, 5) is 3.96. The molecule has 21 heavy (non-hydrogen) atoms. The second-order valence-electron chi connectivity index (χ2n) is 4.38. The average Bonchev–Trinajstić information content (AvgIpc) is 2.99. The fourth-order valence-electron chi connectivity index (χ4n) is 1.75. The van der Waals surface area contributed by atoms with E-state index in [4.69, 9.17) is 16.3 Å². The van der Waals surface area contributed by atoms with Gasteiger partial charge in [-0.15, -0.1) is 11.6 Å². The van der Waals surface area contributed by atoms with Crippen molar-refractivity contribution in [2.45, 2.75) is 19.4 Å². The minimum Gasteiger partial charge on any atom is -0.493 e. The highest BCUT2D eigenvalue weighted by Gasteiger charge is 2.02. The number of hydrogen-bond donors (Lipinski definition) is 0. The van der Waals surface area contributed by atoms with Gasteiger partial charge in [-0.25, -0.2) is 9.37 Å². The van der Waals surface area contributed by atoms with Crippen LogP contribution in [0.4, 0.5) is 4.39 Å². The van der Waals surface area contributed by atoms with Gasteiger partial charge in [-0.1, -0.05) is 11.8 Å². The van der Waals surface area contributed by atoms with E-state index in [9.17, 15) is 4.39 Å². The maximum absolute atomic E-state index is 13.8. The first-order valence-electron chi connectivity index (χ1n) is 6.72. The fourth-order valence-corrected chi connectivity index (χ4v) is 1.84. The van der Waals surface area contributed by atoms with Gasteiger partial charge in [0.1, 0.15) is 11.6 Å². The summed E-state index contributed by atoms with van der Waals surface area (Å²) in [5, 5.41) is 0. The van der Waals surface area contributed by atoms with Gasteiger partial charge in [-0.2, -0.15) is 0 Å². The Morgan fingerprint density at radius 3 is 3.00 bits per heavy atom. The van der Waals surface area contributed by atoms with Crippen LogP contribution in [0.15, 0.2) is 36.9 Å². The number of aromatic nitrogens is 2. The molecule has 110 valence electrons. The van der Waals surface area contributed by atoms with E-state index < -0.39 is 0 Å². The number of ether oxygens (including phenoxy) is 1. The number of nitrogens with zero attached hydrogens (tertiary/aromatic N) is 2. The van der Waals surface area contributed by atoms with Crippen molar-refractivity contribution >= 4 is 11.6 Å². The molecule has 1 heterocycles. The Labute approximate surface area is 128 Å². The molecule has 5 heteroatoms. The van der Waals surface area contributed by atoms with Gasteiger partial charge >= 0.3 is 0 Å². The zero-order chi connectivity index (χ0) is 14.9. The summed E-state index contributed by atoms with van der Waals surface area (Å²) in [6.07, 6.45) is 6.77. The largest absolute Gasteiger partial charge is 0.493 e. The maximum atomic E-state index is 13.8. The number of aryl methyl sites for hydroxylation is 1. The van der Waals surface area contributed by atoms with Crippen LogP contribution in [0.5, 0.6) is 5.75 Å². The monoisotopic (exact) mass is 306 g/mol. The predicted molar refractivity (Wildman–Crippen MR) is 81.0 cm³/mol. The molecule has 0 spiro atoms. The van der Waals surface area contributed by atoms with Gasteiger partial charge in [0.05, 0.1) is 18.5 Å². The van der Waals surface area contributed by atoms with Crippen LogP contribution >= 0.6 is 11.6 Å². The number of halogens is 2. The lowest BCUT2D eigenvalue weighted by Crippen LogP contribution is -2.03. The van der Waals surface area contributed by atoms with Crippen molar-refractivity contribution in [2.24, 2.45) is 0 Å². The molecule has 0 aliphatic heterocycles. The normalized spacial score (nSPS) is 10.0. The molecule has 0 radical (unpaired) electrons. The van der Waals surface area contributed by atoms with Crippen LogP contribution in [0.2, 0.25) is 0 Å². The summed E-state index contributed by atoms with van der Waals surface area (Å²) >= 11 is 5.52. The summed E-state index contributed by atoms with van der Waals surface area (Å²) in [6, 6.07) is 4.72. The van der Waals surface area contributed by atoms with Crippen molar-refractivity contribution < 1.29 is 9.13 Å². The first-order chi connectivity index (χ1) is 10.3. The Kier molecular flexibility index (Phi) is 6.11. The number of alkyl halides is 1. The second kappa shape index (κ2) is 8.33. The second-order valence-corrected chi connectivity index (χ2v) is 4.76. The number of rotatable bonds is 6. The molecule has 0 fully saturated rings. The molecule has 3 nitrogen and oxygen atoms in total. The lowest BCUT2D eigenvalue weighted by molar-refractivity contribution is 0.300. The van der Waals surface area contributed by atoms with E-state index >= 15 is 0 Å². The SMILES string of the molecule is Fc1cc(OCCCn2ccnc2)ccc1C#CCCCl. The standard InChI is InChI=1S/C16H16ClFN2O/c17-7-2-1-4-14-5-6-15(12-16(14)18)21-11-3-9-20-10-8-19-13-20/h5-6,8,10,12-13H,2-3,7,9,11H2. The molecule has 2 rings (SSSR count). The van der Waals surface area contributed by atoms with Crippen molar-refractivity contribution in [3.8, 4) is 17.6 Å². The summed E-state index contributed by atoms with van der Waals surface area (Å²) in [5.41, 5.74) is 0.367. The van der Waals surface area contributed by atoms with E-state index in [1.165, 1.54) is 6.07 Å². The predicted octanol–water partition coefficient (Wildman–Crippen LogP) is 3.47. The summed E-state index contributed by atoms with van der Waals surface area (Å²) in [6.45, 7) is 1.35. The molecule has 1 aromatic heterocycles. The third-order valence-corrected chi connectivity index (χ3v) is 2.96. The summed E-state index contributed by atoms with van der Waals surface area (Å²) in [5.74, 6) is 6.15. The summed E-state index contributed by atoms with van der Waals surface area (Å²) in [7, 11) is 0. The highest BCUT2D eigenvalue weighted by molar-refractivity contribution is 6.18. The molecule has 2 aromatic rings. The van der Waals surface area contributed by atoms with E-state index in [2.05, 4.69) is 16.8 Å². The minimum atomic E-state index is -0.371. The molecule has 0 saturated heterocycles. The van der Waals surface area contributed by atoms with Gasteiger partial charge in [-0.3, -0.25) is 0 Å². The van der Waals surface area contributed by atoms with Crippen molar-refractivity contribution in [3.63, 3.8) is 0 Å². The third-order valence-electron chi connectivity index (χ3n) is 2.77. The molecule has 0 aliphatic carbocycles. The minimum absolute atomic E-state index is 0.367. The average molecular weight is 307 g/mol. The molecule has 0 amide bonds. The molecule has 0 atom stereocenters. The fraction of sp³-hybridized carbons (Fsp3) is 0.312. The molecule has 0 unspecified atom stereocenters. The Bertz CT molecular complexity index is 617. The zero-order valence-electron chi connectivity index (χ0n) is 11.6. The van der Waals surface area contributed by atoms with Crippen molar-refractivity contribution in [2.75, 3.05) is 12.5 Å². The van der Waals surface area contributed by atoms with Crippen LogP contribution in [-0.4, -0.2) is 22.0 Å². The number of imidazole rings is 1. The molecule has 0 bridgehead atoms. The van der Waals surface area contributed by atoms with Crippen molar-refractivity contribution in [3.05, 3.63) is 48.3 Å². The summed E-state index contributed by atoms with van der Waals surface area (Å²) < 4.78 is 21.3. The Morgan fingerprint density at radius 2 is 2.29 bits per heavy atom. The highest BCUT2D eigenvalue weighted by atomic mass is 35.5. The van der Waals surface area contributed by atoms with Crippen LogP contribution in [0.3, 0.4) is 0 Å². The molecule has 0 aliphatic rings. The van der Waals surface area contributed by atoms with E-state index in [-0.39, 0.29) is 5.82 Å².